The van der Waals surface area contributed by atoms with Gasteiger partial charge >= 0.3 is 11.3 Å². The molecule has 0 unspecified atom stereocenters. The molecule has 12 nitrogen and oxygen atoms in total. The SMILES string of the molecule is COc1cc(-c2nc3c(=O)n(C)c(=O)[nH]c3[n+](C3CCCC3)n2)cc(OC)c1OCCN1CCOCC1. The van der Waals surface area contributed by atoms with Crippen LogP contribution in [0.1, 0.15) is 31.7 Å². The number of morpholine rings is 1. The number of aromatic amines is 1. The maximum absolute atomic E-state index is 13.0. The number of hydrogen-bond donors (Lipinski definition) is 1. The van der Waals surface area contributed by atoms with E-state index in [4.69, 9.17) is 24.0 Å². The molecule has 2 aliphatic rings. The quantitative estimate of drug-likeness (QED) is 0.436. The van der Waals surface area contributed by atoms with E-state index in [1.165, 1.54) is 7.05 Å². The number of nitrogens with zero attached hydrogens (tertiary/aromatic N) is 5. The molecular formula is C25H33N6O6+. The Hall–Kier alpha value is -3.51. The molecule has 5 rings (SSSR count). The number of methoxy groups -OCH3 is 2. The largest absolute Gasteiger partial charge is 0.493 e. The number of rotatable bonds is 8. The van der Waals surface area contributed by atoms with Crippen LogP contribution in [-0.2, 0) is 11.8 Å². The van der Waals surface area contributed by atoms with Gasteiger partial charge < -0.3 is 18.9 Å². The lowest BCUT2D eigenvalue weighted by Crippen LogP contribution is -2.47. The molecule has 0 atom stereocenters. The monoisotopic (exact) mass is 513 g/mol. The summed E-state index contributed by atoms with van der Waals surface area (Å²) in [6.45, 7) is 4.43. The van der Waals surface area contributed by atoms with Crippen molar-refractivity contribution in [3.8, 4) is 28.6 Å². The maximum atomic E-state index is 13.0. The van der Waals surface area contributed by atoms with Crippen LogP contribution in [0.15, 0.2) is 21.7 Å². The molecule has 37 heavy (non-hydrogen) atoms. The summed E-state index contributed by atoms with van der Waals surface area (Å²) < 4.78 is 25.6. The Bertz CT molecular complexity index is 1370. The van der Waals surface area contributed by atoms with E-state index in [-0.39, 0.29) is 11.6 Å². The first-order valence-electron chi connectivity index (χ1n) is 12.6. The van der Waals surface area contributed by atoms with Crippen molar-refractivity contribution in [2.45, 2.75) is 31.7 Å². The van der Waals surface area contributed by atoms with Gasteiger partial charge in [-0.2, -0.15) is 4.98 Å². The van der Waals surface area contributed by atoms with Gasteiger partial charge in [-0.25, -0.2) is 14.3 Å². The molecule has 0 spiro atoms. The van der Waals surface area contributed by atoms with Gasteiger partial charge in [0.2, 0.25) is 17.1 Å². The fourth-order valence-electron chi connectivity index (χ4n) is 4.93. The average Bonchev–Trinajstić information content (AvgIpc) is 3.47. The molecule has 1 aliphatic carbocycles. The van der Waals surface area contributed by atoms with E-state index in [1.807, 2.05) is 0 Å². The number of H-pyrrole nitrogens is 1. The van der Waals surface area contributed by atoms with E-state index in [9.17, 15) is 9.59 Å². The van der Waals surface area contributed by atoms with Gasteiger partial charge in [-0.15, -0.1) is 4.68 Å². The predicted molar refractivity (Wildman–Crippen MR) is 134 cm³/mol. The van der Waals surface area contributed by atoms with E-state index in [0.717, 1.165) is 63.1 Å². The minimum atomic E-state index is -0.498. The van der Waals surface area contributed by atoms with E-state index in [1.54, 1.807) is 31.0 Å². The molecule has 0 amide bonds. The van der Waals surface area contributed by atoms with Crippen LogP contribution < -0.4 is 30.1 Å². The molecule has 3 aromatic rings. The van der Waals surface area contributed by atoms with Crippen molar-refractivity contribution in [3.63, 3.8) is 0 Å². The van der Waals surface area contributed by atoms with Gasteiger partial charge in [0.05, 0.1) is 27.4 Å². The highest BCUT2D eigenvalue weighted by Crippen LogP contribution is 2.41. The van der Waals surface area contributed by atoms with Crippen molar-refractivity contribution in [1.82, 2.24) is 24.5 Å². The first-order chi connectivity index (χ1) is 18.0. The Labute approximate surface area is 213 Å². The predicted octanol–water partition coefficient (Wildman–Crippen LogP) is 0.815. The van der Waals surface area contributed by atoms with Gasteiger partial charge in [-0.1, -0.05) is 5.10 Å². The molecule has 1 saturated carbocycles. The molecule has 0 radical (unpaired) electrons. The normalized spacial score (nSPS) is 16.8. The van der Waals surface area contributed by atoms with E-state index >= 15 is 0 Å². The summed E-state index contributed by atoms with van der Waals surface area (Å²) in [5, 5.41) is 4.79. The molecule has 2 fully saturated rings. The van der Waals surface area contributed by atoms with Crippen molar-refractivity contribution in [2.75, 3.05) is 53.7 Å². The lowest BCUT2D eigenvalue weighted by Gasteiger charge is -2.26. The minimum absolute atomic E-state index is 0.0681. The van der Waals surface area contributed by atoms with E-state index in [0.29, 0.717) is 40.9 Å². The van der Waals surface area contributed by atoms with Gasteiger partial charge in [0.25, 0.3) is 5.56 Å². The van der Waals surface area contributed by atoms with Gasteiger partial charge in [0.1, 0.15) is 12.6 Å². The van der Waals surface area contributed by atoms with Gasteiger partial charge in [-0.05, 0) is 37.8 Å². The Balaban J connectivity index is 1.55. The summed E-state index contributed by atoms with van der Waals surface area (Å²) in [5.41, 5.74) is 0.128. The number of nitrogens with one attached hydrogen (secondary N) is 1. The van der Waals surface area contributed by atoms with Crippen molar-refractivity contribution in [2.24, 2.45) is 7.05 Å². The first-order valence-corrected chi connectivity index (χ1v) is 12.6. The molecule has 2 aromatic heterocycles. The number of fused-ring (bicyclic) bond motifs is 1. The smallest absolute Gasteiger partial charge is 0.416 e. The molecule has 1 saturated heterocycles. The molecule has 1 aromatic carbocycles. The van der Waals surface area contributed by atoms with Crippen LogP contribution in [0.3, 0.4) is 0 Å². The van der Waals surface area contributed by atoms with Gasteiger partial charge in [-0.3, -0.25) is 9.69 Å². The van der Waals surface area contributed by atoms with Crippen LogP contribution in [-0.4, -0.2) is 78.2 Å². The minimum Gasteiger partial charge on any atom is -0.493 e. The zero-order chi connectivity index (χ0) is 25.9. The van der Waals surface area contributed by atoms with Crippen LogP contribution in [0, 0.1) is 0 Å². The second-order valence-electron chi connectivity index (χ2n) is 9.32. The molecule has 3 heterocycles. The number of ether oxygens (including phenoxy) is 4. The van der Waals surface area contributed by atoms with Crippen molar-refractivity contribution >= 4 is 11.2 Å². The number of benzene rings is 1. The summed E-state index contributed by atoms with van der Waals surface area (Å²) in [4.78, 5) is 35.0. The van der Waals surface area contributed by atoms with Crippen molar-refractivity contribution in [1.29, 1.82) is 0 Å². The summed E-state index contributed by atoms with van der Waals surface area (Å²) >= 11 is 0. The summed E-state index contributed by atoms with van der Waals surface area (Å²) in [7, 11) is 4.55. The van der Waals surface area contributed by atoms with Crippen LogP contribution in [0.4, 0.5) is 0 Å². The molecular weight excluding hydrogens is 480 g/mol. The fraction of sp³-hybridized carbons (Fsp3) is 0.560. The highest BCUT2D eigenvalue weighted by molar-refractivity contribution is 5.71. The summed E-state index contributed by atoms with van der Waals surface area (Å²) in [6.07, 6.45) is 3.95. The van der Waals surface area contributed by atoms with Crippen molar-refractivity contribution < 1.29 is 23.6 Å². The first kappa shape index (κ1) is 25.2. The highest BCUT2D eigenvalue weighted by atomic mass is 16.5. The standard InChI is InChI=1S/C25H32N6O6/c1-29-24(32)20-23(27-25(29)33)31(17-6-4-5-7-17)28-22(26-20)16-14-18(34-2)21(19(15-16)35-3)37-13-10-30-8-11-36-12-9-30/h14-15,17H,4-13H2,1-3H3/p+1. The Morgan fingerprint density at radius 2 is 1.78 bits per heavy atom. The summed E-state index contributed by atoms with van der Waals surface area (Å²) in [5.74, 6) is 1.77. The third kappa shape index (κ3) is 5.03. The topological polar surface area (TPSA) is 125 Å². The zero-order valence-corrected chi connectivity index (χ0v) is 21.5. The van der Waals surface area contributed by atoms with Crippen LogP contribution in [0.25, 0.3) is 22.6 Å². The third-order valence-corrected chi connectivity index (χ3v) is 7.06. The van der Waals surface area contributed by atoms with Gasteiger partial charge in [0, 0.05) is 32.2 Å². The van der Waals surface area contributed by atoms with Crippen molar-refractivity contribution in [3.05, 3.63) is 33.0 Å². The zero-order valence-electron chi connectivity index (χ0n) is 21.5. The second kappa shape index (κ2) is 10.9. The number of hydrogen-bond acceptors (Lipinski definition) is 9. The maximum Gasteiger partial charge on any atom is 0.416 e. The average molecular weight is 514 g/mol. The molecule has 12 heteroatoms. The number of aromatic nitrogens is 5. The fourth-order valence-corrected chi connectivity index (χ4v) is 4.93. The summed E-state index contributed by atoms with van der Waals surface area (Å²) in [6, 6.07) is 3.63. The Morgan fingerprint density at radius 3 is 2.43 bits per heavy atom. The Morgan fingerprint density at radius 1 is 1.11 bits per heavy atom. The lowest BCUT2D eigenvalue weighted by molar-refractivity contribution is -0.754. The van der Waals surface area contributed by atoms with Gasteiger partial charge in [0.15, 0.2) is 11.5 Å². The second-order valence-corrected chi connectivity index (χ2v) is 9.32. The lowest BCUT2D eigenvalue weighted by atomic mass is 10.1. The van der Waals surface area contributed by atoms with E-state index in [2.05, 4.69) is 14.9 Å². The van der Waals surface area contributed by atoms with E-state index < -0.39 is 11.2 Å². The third-order valence-electron chi connectivity index (χ3n) is 7.06. The molecule has 1 aliphatic heterocycles. The van der Waals surface area contributed by atoms with Crippen LogP contribution in [0.2, 0.25) is 0 Å². The Kier molecular flexibility index (Phi) is 7.38. The molecule has 198 valence electrons. The molecule has 1 N–H and O–H groups in total. The molecule has 0 bridgehead atoms. The van der Waals surface area contributed by atoms with Crippen LogP contribution >= 0.6 is 0 Å². The highest BCUT2D eigenvalue weighted by Gasteiger charge is 2.29. The van der Waals surface area contributed by atoms with Crippen LogP contribution in [0.5, 0.6) is 17.2 Å².